The van der Waals surface area contributed by atoms with E-state index in [1.807, 2.05) is 7.05 Å². The smallest absolute Gasteiger partial charge is 0.307 e. The number of hydrogen-bond donors (Lipinski definition) is 2. The highest BCUT2D eigenvalue weighted by Gasteiger charge is 2.25. The van der Waals surface area contributed by atoms with Crippen LogP contribution in [0.1, 0.15) is 48.4 Å². The molecule has 2 aliphatic rings. The molecule has 0 fully saturated rings. The number of hydrogen-bond acceptors (Lipinski definition) is 3. The molecule has 1 unspecified atom stereocenters. The van der Waals surface area contributed by atoms with Crippen LogP contribution in [-0.4, -0.2) is 41.0 Å². The van der Waals surface area contributed by atoms with Crippen molar-refractivity contribution >= 4 is 22.7 Å². The van der Waals surface area contributed by atoms with E-state index in [9.17, 15) is 9.00 Å². The van der Waals surface area contributed by atoms with Crippen LogP contribution in [0.3, 0.4) is 0 Å². The molecule has 1 aromatic rings. The summed E-state index contributed by atoms with van der Waals surface area (Å²) in [7, 11) is 0.714. The van der Waals surface area contributed by atoms with Crippen molar-refractivity contribution in [2.75, 3.05) is 31.2 Å². The summed E-state index contributed by atoms with van der Waals surface area (Å²) < 4.78 is 14.7. The first kappa shape index (κ1) is 18.4. The molecule has 138 valence electrons. The molecule has 2 N–H and O–H groups in total. The zero-order valence-corrected chi connectivity index (χ0v) is 16.1. The van der Waals surface area contributed by atoms with Gasteiger partial charge in [0.05, 0.1) is 0 Å². The minimum atomic E-state index is -1.33. The number of anilines is 1. The fourth-order valence-electron chi connectivity index (χ4n) is 3.88. The van der Waals surface area contributed by atoms with Gasteiger partial charge in [-0.3, -0.25) is 4.72 Å². The number of aryl methyl sites for hydroxylation is 2. The summed E-state index contributed by atoms with van der Waals surface area (Å²) in [5.41, 5.74) is 6.37. The maximum atomic E-state index is 12.4. The number of rotatable bonds is 7. The van der Waals surface area contributed by atoms with E-state index in [0.717, 1.165) is 63.7 Å². The van der Waals surface area contributed by atoms with Crippen LogP contribution in [0.15, 0.2) is 6.07 Å². The van der Waals surface area contributed by atoms with Crippen molar-refractivity contribution in [3.05, 3.63) is 28.3 Å². The summed E-state index contributed by atoms with van der Waals surface area (Å²) in [6.45, 7) is 3.97. The van der Waals surface area contributed by atoms with Gasteiger partial charge in [-0.2, -0.15) is 0 Å². The Balaban J connectivity index is 1.59. The lowest BCUT2D eigenvalue weighted by molar-refractivity contribution is 0.257. The first-order valence-corrected chi connectivity index (χ1v) is 10.7. The Labute approximate surface area is 153 Å². The molecule has 25 heavy (non-hydrogen) atoms. The number of carbonyl (C=O) groups excluding carboxylic acids is 1. The first-order chi connectivity index (χ1) is 12.1. The van der Waals surface area contributed by atoms with Gasteiger partial charge >= 0.3 is 6.03 Å². The van der Waals surface area contributed by atoms with Gasteiger partial charge in [0.15, 0.2) is 0 Å². The van der Waals surface area contributed by atoms with Gasteiger partial charge in [0, 0.05) is 11.4 Å². The third-order valence-electron chi connectivity index (χ3n) is 5.33. The van der Waals surface area contributed by atoms with Crippen molar-refractivity contribution in [3.63, 3.8) is 0 Å². The topological polar surface area (TPSA) is 61.4 Å². The second-order valence-electron chi connectivity index (χ2n) is 7.09. The summed E-state index contributed by atoms with van der Waals surface area (Å²) in [5.74, 6) is 0.489. The van der Waals surface area contributed by atoms with Crippen LogP contribution in [0.25, 0.3) is 0 Å². The average Bonchev–Trinajstić information content (AvgIpc) is 3.23. The van der Waals surface area contributed by atoms with Gasteiger partial charge < -0.3 is 10.2 Å². The quantitative estimate of drug-likeness (QED) is 0.783. The van der Waals surface area contributed by atoms with E-state index in [0.29, 0.717) is 5.75 Å². The molecular formula is C19H29N3O2S. The molecular weight excluding hydrogens is 334 g/mol. The van der Waals surface area contributed by atoms with Crippen molar-refractivity contribution in [1.82, 2.24) is 9.62 Å². The molecule has 2 amide bonds. The molecule has 1 atom stereocenters. The van der Waals surface area contributed by atoms with Gasteiger partial charge in [0.1, 0.15) is 11.0 Å². The van der Waals surface area contributed by atoms with E-state index in [1.54, 1.807) is 0 Å². The maximum Gasteiger partial charge on any atom is 0.331 e. The number of amides is 2. The Bertz CT molecular complexity index is 643. The zero-order chi connectivity index (χ0) is 17.8. The van der Waals surface area contributed by atoms with Crippen LogP contribution in [-0.2, 0) is 36.7 Å². The SMILES string of the molecule is CCN(C)CCCS(=O)NC(=O)Nc1c2c(cc3c1CCC3)CCC2. The largest absolute Gasteiger partial charge is 0.331 e. The van der Waals surface area contributed by atoms with E-state index < -0.39 is 11.0 Å². The molecule has 5 nitrogen and oxygen atoms in total. The fraction of sp³-hybridized carbons (Fsp3) is 0.632. The monoisotopic (exact) mass is 363 g/mol. The predicted octanol–water partition coefficient (Wildman–Crippen LogP) is 2.79. The second kappa shape index (κ2) is 8.32. The van der Waals surface area contributed by atoms with Crippen LogP contribution in [0, 0.1) is 0 Å². The minimum Gasteiger partial charge on any atom is -0.307 e. The molecule has 0 bridgehead atoms. The Hall–Kier alpha value is -1.40. The van der Waals surface area contributed by atoms with E-state index in [4.69, 9.17) is 0 Å². The number of nitrogens with one attached hydrogen (secondary N) is 2. The zero-order valence-electron chi connectivity index (χ0n) is 15.3. The highest BCUT2D eigenvalue weighted by Crippen LogP contribution is 2.38. The van der Waals surface area contributed by atoms with Crippen molar-refractivity contribution < 1.29 is 9.00 Å². The fourth-order valence-corrected chi connectivity index (χ4v) is 4.64. The Morgan fingerprint density at radius 3 is 2.40 bits per heavy atom. The standard InChI is InChI=1S/C19H29N3O2S/c1-3-22(2)11-6-12-25(24)21-19(23)20-18-16-9-4-7-14(16)13-15-8-5-10-17(15)18/h13H,3-12H2,1-2H3,(H2,20,21,23). The Morgan fingerprint density at radius 2 is 1.80 bits per heavy atom. The van der Waals surface area contributed by atoms with Gasteiger partial charge in [0.25, 0.3) is 0 Å². The summed E-state index contributed by atoms with van der Waals surface area (Å²) in [6, 6.07) is 2.01. The molecule has 6 heteroatoms. The molecule has 2 aliphatic carbocycles. The Kier molecular flexibility index (Phi) is 6.12. The second-order valence-corrected chi connectivity index (χ2v) is 8.39. The summed E-state index contributed by atoms with van der Waals surface area (Å²) >= 11 is 0. The number of benzene rings is 1. The van der Waals surface area contributed by atoms with E-state index >= 15 is 0 Å². The lowest BCUT2D eigenvalue weighted by Gasteiger charge is -2.16. The number of fused-ring (bicyclic) bond motifs is 2. The van der Waals surface area contributed by atoms with E-state index in [-0.39, 0.29) is 6.03 Å². The highest BCUT2D eigenvalue weighted by molar-refractivity contribution is 7.83. The van der Waals surface area contributed by atoms with Crippen LogP contribution >= 0.6 is 0 Å². The lowest BCUT2D eigenvalue weighted by Crippen LogP contribution is -2.33. The van der Waals surface area contributed by atoms with E-state index in [2.05, 4.69) is 27.9 Å². The predicted molar refractivity (Wildman–Crippen MR) is 103 cm³/mol. The van der Waals surface area contributed by atoms with Gasteiger partial charge in [-0.25, -0.2) is 9.00 Å². The van der Waals surface area contributed by atoms with Crippen LogP contribution in [0.5, 0.6) is 0 Å². The molecule has 0 radical (unpaired) electrons. The number of urea groups is 1. The van der Waals surface area contributed by atoms with Crippen molar-refractivity contribution in [2.24, 2.45) is 0 Å². The van der Waals surface area contributed by atoms with Crippen LogP contribution < -0.4 is 10.0 Å². The Morgan fingerprint density at radius 1 is 1.16 bits per heavy atom. The normalized spacial score (nSPS) is 16.6. The molecule has 0 saturated heterocycles. The van der Waals surface area contributed by atoms with Crippen LogP contribution in [0.2, 0.25) is 0 Å². The van der Waals surface area contributed by atoms with Crippen molar-refractivity contribution in [1.29, 1.82) is 0 Å². The number of nitrogens with zero attached hydrogens (tertiary/aromatic N) is 1. The van der Waals surface area contributed by atoms with Gasteiger partial charge in [-0.05, 0) is 87.3 Å². The third kappa shape index (κ3) is 4.42. The summed E-state index contributed by atoms with van der Waals surface area (Å²) in [5, 5.41) is 3.03. The highest BCUT2D eigenvalue weighted by atomic mass is 32.2. The lowest BCUT2D eigenvalue weighted by atomic mass is 9.99. The van der Waals surface area contributed by atoms with Crippen molar-refractivity contribution in [2.45, 2.75) is 51.9 Å². The van der Waals surface area contributed by atoms with Gasteiger partial charge in [0.2, 0.25) is 0 Å². The molecule has 0 spiro atoms. The number of carbonyl (C=O) groups is 1. The first-order valence-electron chi connectivity index (χ1n) is 9.39. The maximum absolute atomic E-state index is 12.4. The minimum absolute atomic E-state index is 0.337. The summed E-state index contributed by atoms with van der Waals surface area (Å²) in [4.78, 5) is 14.5. The average molecular weight is 364 g/mol. The molecule has 0 aliphatic heterocycles. The third-order valence-corrected chi connectivity index (χ3v) is 6.40. The molecule has 3 rings (SSSR count). The van der Waals surface area contributed by atoms with E-state index in [1.165, 1.54) is 22.3 Å². The molecule has 0 heterocycles. The molecule has 0 saturated carbocycles. The van der Waals surface area contributed by atoms with Gasteiger partial charge in [-0.15, -0.1) is 0 Å². The van der Waals surface area contributed by atoms with Crippen molar-refractivity contribution in [3.8, 4) is 0 Å². The molecule has 0 aromatic heterocycles. The summed E-state index contributed by atoms with van der Waals surface area (Å²) in [6.07, 6.45) is 7.41. The van der Waals surface area contributed by atoms with Gasteiger partial charge in [-0.1, -0.05) is 13.0 Å². The molecule has 1 aromatic carbocycles. The van der Waals surface area contributed by atoms with Crippen LogP contribution in [0.4, 0.5) is 10.5 Å².